The van der Waals surface area contributed by atoms with Gasteiger partial charge in [-0.1, -0.05) is 33.1 Å². The Labute approximate surface area is 104 Å². The SMILES string of the molecule is CCC(C)CC(=O)NCCCCCCC(=O)O. The molecular formula is C13H25NO3. The van der Waals surface area contributed by atoms with Gasteiger partial charge in [0.05, 0.1) is 0 Å². The average molecular weight is 243 g/mol. The summed E-state index contributed by atoms with van der Waals surface area (Å²) in [5.74, 6) is -0.151. The molecule has 4 heteroatoms. The second-order valence-electron chi connectivity index (χ2n) is 4.63. The molecule has 0 aliphatic carbocycles. The van der Waals surface area contributed by atoms with E-state index in [1.54, 1.807) is 0 Å². The van der Waals surface area contributed by atoms with Gasteiger partial charge in [0, 0.05) is 19.4 Å². The molecule has 0 heterocycles. The van der Waals surface area contributed by atoms with E-state index in [9.17, 15) is 9.59 Å². The normalized spacial score (nSPS) is 12.1. The lowest BCUT2D eigenvalue weighted by Gasteiger charge is -2.08. The summed E-state index contributed by atoms with van der Waals surface area (Å²) in [5.41, 5.74) is 0. The second kappa shape index (κ2) is 10.1. The van der Waals surface area contributed by atoms with Crippen LogP contribution in [-0.4, -0.2) is 23.5 Å². The van der Waals surface area contributed by atoms with Gasteiger partial charge in [-0.2, -0.15) is 0 Å². The number of amides is 1. The van der Waals surface area contributed by atoms with Crippen LogP contribution in [-0.2, 0) is 9.59 Å². The standard InChI is InChI=1S/C13H25NO3/c1-3-11(2)10-12(15)14-9-7-5-4-6-8-13(16)17/h11H,3-10H2,1-2H3,(H,14,15)(H,16,17). The molecule has 0 aromatic rings. The number of aliphatic carboxylic acids is 1. The van der Waals surface area contributed by atoms with Crippen LogP contribution < -0.4 is 5.32 Å². The lowest BCUT2D eigenvalue weighted by atomic mass is 10.1. The first-order valence-corrected chi connectivity index (χ1v) is 6.54. The highest BCUT2D eigenvalue weighted by molar-refractivity contribution is 5.76. The summed E-state index contributed by atoms with van der Waals surface area (Å²) in [4.78, 5) is 21.7. The lowest BCUT2D eigenvalue weighted by Crippen LogP contribution is -2.25. The molecule has 100 valence electrons. The van der Waals surface area contributed by atoms with E-state index in [0.29, 0.717) is 18.9 Å². The molecule has 0 aromatic carbocycles. The van der Waals surface area contributed by atoms with E-state index in [-0.39, 0.29) is 12.3 Å². The van der Waals surface area contributed by atoms with Crippen molar-refractivity contribution in [3.05, 3.63) is 0 Å². The minimum atomic E-state index is -0.730. The Hall–Kier alpha value is -1.06. The molecular weight excluding hydrogens is 218 g/mol. The van der Waals surface area contributed by atoms with Crippen molar-refractivity contribution >= 4 is 11.9 Å². The summed E-state index contributed by atoms with van der Waals surface area (Å²) in [6.45, 7) is 4.87. The van der Waals surface area contributed by atoms with Crippen LogP contribution in [0.2, 0.25) is 0 Å². The third-order valence-electron chi connectivity index (χ3n) is 2.87. The van der Waals surface area contributed by atoms with Crippen molar-refractivity contribution in [2.24, 2.45) is 5.92 Å². The minimum absolute atomic E-state index is 0.130. The highest BCUT2D eigenvalue weighted by Gasteiger charge is 2.05. The maximum atomic E-state index is 11.4. The van der Waals surface area contributed by atoms with Gasteiger partial charge >= 0.3 is 5.97 Å². The van der Waals surface area contributed by atoms with Gasteiger partial charge in [0.2, 0.25) is 5.91 Å². The fraction of sp³-hybridized carbons (Fsp3) is 0.846. The highest BCUT2D eigenvalue weighted by Crippen LogP contribution is 2.06. The summed E-state index contributed by atoms with van der Waals surface area (Å²) in [6.07, 6.45) is 5.46. The number of rotatable bonds is 10. The summed E-state index contributed by atoms with van der Waals surface area (Å²) in [6, 6.07) is 0. The Balaban J connectivity index is 3.27. The molecule has 1 atom stereocenters. The monoisotopic (exact) mass is 243 g/mol. The number of unbranched alkanes of at least 4 members (excludes halogenated alkanes) is 3. The van der Waals surface area contributed by atoms with Gasteiger partial charge in [0.25, 0.3) is 0 Å². The molecule has 1 amide bonds. The van der Waals surface area contributed by atoms with E-state index in [0.717, 1.165) is 32.1 Å². The van der Waals surface area contributed by atoms with Crippen LogP contribution in [0.4, 0.5) is 0 Å². The van der Waals surface area contributed by atoms with E-state index in [1.807, 2.05) is 0 Å². The van der Waals surface area contributed by atoms with E-state index in [2.05, 4.69) is 19.2 Å². The third-order valence-corrected chi connectivity index (χ3v) is 2.87. The van der Waals surface area contributed by atoms with Gasteiger partial charge in [-0.05, 0) is 18.8 Å². The van der Waals surface area contributed by atoms with Crippen LogP contribution >= 0.6 is 0 Å². The zero-order valence-electron chi connectivity index (χ0n) is 11.0. The molecule has 0 fully saturated rings. The summed E-state index contributed by atoms with van der Waals surface area (Å²) < 4.78 is 0. The average Bonchev–Trinajstić information content (AvgIpc) is 2.27. The van der Waals surface area contributed by atoms with Gasteiger partial charge in [-0.25, -0.2) is 0 Å². The van der Waals surface area contributed by atoms with Crippen molar-refractivity contribution in [2.45, 2.75) is 58.8 Å². The zero-order chi connectivity index (χ0) is 13.1. The summed E-state index contributed by atoms with van der Waals surface area (Å²) in [5, 5.41) is 11.3. The molecule has 0 aliphatic heterocycles. The number of hydrogen-bond donors (Lipinski definition) is 2. The van der Waals surface area contributed by atoms with Crippen LogP contribution in [0.1, 0.15) is 58.8 Å². The third kappa shape index (κ3) is 11.2. The van der Waals surface area contributed by atoms with Gasteiger partial charge in [0.1, 0.15) is 0 Å². The second-order valence-corrected chi connectivity index (χ2v) is 4.63. The Morgan fingerprint density at radius 1 is 1.18 bits per heavy atom. The Kier molecular flexibility index (Phi) is 9.49. The fourth-order valence-corrected chi connectivity index (χ4v) is 1.52. The number of carboxylic acids is 1. The molecule has 0 rings (SSSR count). The van der Waals surface area contributed by atoms with Crippen molar-refractivity contribution in [1.82, 2.24) is 5.32 Å². The first-order valence-electron chi connectivity index (χ1n) is 6.54. The Bertz CT molecular complexity index is 229. The molecule has 1 unspecified atom stereocenters. The first kappa shape index (κ1) is 15.9. The van der Waals surface area contributed by atoms with Crippen LogP contribution in [0.5, 0.6) is 0 Å². The fourth-order valence-electron chi connectivity index (χ4n) is 1.52. The van der Waals surface area contributed by atoms with Gasteiger partial charge < -0.3 is 10.4 Å². The van der Waals surface area contributed by atoms with Crippen LogP contribution in [0.15, 0.2) is 0 Å². The largest absolute Gasteiger partial charge is 0.481 e. The van der Waals surface area contributed by atoms with Crippen LogP contribution in [0.25, 0.3) is 0 Å². The van der Waals surface area contributed by atoms with Crippen molar-refractivity contribution in [3.63, 3.8) is 0 Å². The minimum Gasteiger partial charge on any atom is -0.481 e. The van der Waals surface area contributed by atoms with E-state index < -0.39 is 5.97 Å². The smallest absolute Gasteiger partial charge is 0.303 e. The predicted molar refractivity (Wildman–Crippen MR) is 67.8 cm³/mol. The van der Waals surface area contributed by atoms with Crippen LogP contribution in [0, 0.1) is 5.92 Å². The quantitative estimate of drug-likeness (QED) is 0.579. The topological polar surface area (TPSA) is 66.4 Å². The van der Waals surface area contributed by atoms with E-state index >= 15 is 0 Å². The molecule has 0 saturated heterocycles. The predicted octanol–water partition coefficient (Wildman–Crippen LogP) is 2.57. The molecule has 0 spiro atoms. The zero-order valence-corrected chi connectivity index (χ0v) is 11.0. The van der Waals surface area contributed by atoms with Crippen molar-refractivity contribution < 1.29 is 14.7 Å². The summed E-state index contributed by atoms with van der Waals surface area (Å²) >= 11 is 0. The number of hydrogen-bond acceptors (Lipinski definition) is 2. The van der Waals surface area contributed by atoms with Crippen molar-refractivity contribution in [1.29, 1.82) is 0 Å². The number of carbonyl (C=O) groups excluding carboxylic acids is 1. The first-order chi connectivity index (χ1) is 8.06. The molecule has 0 aromatic heterocycles. The van der Waals surface area contributed by atoms with Gasteiger partial charge in [-0.3, -0.25) is 9.59 Å². The van der Waals surface area contributed by atoms with Crippen molar-refractivity contribution in [3.8, 4) is 0 Å². The highest BCUT2D eigenvalue weighted by atomic mass is 16.4. The number of nitrogens with one attached hydrogen (secondary N) is 1. The Morgan fingerprint density at radius 3 is 2.41 bits per heavy atom. The maximum Gasteiger partial charge on any atom is 0.303 e. The number of carboxylic acid groups (broad SMARTS) is 1. The maximum absolute atomic E-state index is 11.4. The molecule has 0 saturated carbocycles. The molecule has 0 bridgehead atoms. The van der Waals surface area contributed by atoms with E-state index in [4.69, 9.17) is 5.11 Å². The van der Waals surface area contributed by atoms with Crippen LogP contribution in [0.3, 0.4) is 0 Å². The summed E-state index contributed by atoms with van der Waals surface area (Å²) in [7, 11) is 0. The Morgan fingerprint density at radius 2 is 1.82 bits per heavy atom. The van der Waals surface area contributed by atoms with E-state index in [1.165, 1.54) is 0 Å². The lowest BCUT2D eigenvalue weighted by molar-refractivity contribution is -0.137. The van der Waals surface area contributed by atoms with Gasteiger partial charge in [-0.15, -0.1) is 0 Å². The molecule has 17 heavy (non-hydrogen) atoms. The molecule has 4 nitrogen and oxygen atoms in total. The molecule has 0 aliphatic rings. The van der Waals surface area contributed by atoms with Gasteiger partial charge in [0.15, 0.2) is 0 Å². The number of carbonyl (C=O) groups is 2. The molecule has 2 N–H and O–H groups in total. The molecule has 0 radical (unpaired) electrons. The van der Waals surface area contributed by atoms with Crippen molar-refractivity contribution in [2.75, 3.05) is 6.54 Å².